The van der Waals surface area contributed by atoms with Crippen LogP contribution in [0.2, 0.25) is 0 Å². The van der Waals surface area contributed by atoms with Gasteiger partial charge in [-0.15, -0.1) is 0 Å². The smallest absolute Gasteiger partial charge is 0.295 e. The lowest BCUT2D eigenvalue weighted by Gasteiger charge is -2.25. The number of non-ortho nitro benzene ring substituents is 1. The van der Waals surface area contributed by atoms with Crippen LogP contribution in [-0.4, -0.2) is 33.2 Å². The molecule has 7 heteroatoms. The average molecular weight is 380 g/mol. The van der Waals surface area contributed by atoms with Crippen LogP contribution in [0.15, 0.2) is 60.2 Å². The number of likely N-dealkylation sites (tertiary alicyclic amines) is 1. The maximum Gasteiger partial charge on any atom is 0.295 e. The number of Topliss-reactive ketones (excluding diaryl/α,β-unsaturated/α-hetero) is 1. The van der Waals surface area contributed by atoms with Gasteiger partial charge in [-0.3, -0.25) is 19.7 Å². The number of rotatable bonds is 6. The van der Waals surface area contributed by atoms with Crippen LogP contribution in [0.1, 0.15) is 36.9 Å². The lowest BCUT2D eigenvalue weighted by molar-refractivity contribution is -0.384. The molecule has 2 aromatic rings. The molecule has 7 nitrogen and oxygen atoms in total. The predicted octanol–water partition coefficient (Wildman–Crippen LogP) is 3.82. The number of amides is 1. The second-order valence-corrected chi connectivity index (χ2v) is 6.56. The van der Waals surface area contributed by atoms with E-state index in [9.17, 15) is 24.8 Å². The minimum Gasteiger partial charge on any atom is -0.507 e. The summed E-state index contributed by atoms with van der Waals surface area (Å²) >= 11 is 0. The molecule has 0 saturated carbocycles. The molecular formula is C21H20N2O5. The molecule has 0 radical (unpaired) electrons. The Hall–Kier alpha value is -3.48. The van der Waals surface area contributed by atoms with Crippen molar-refractivity contribution in [3.05, 3.63) is 81.4 Å². The van der Waals surface area contributed by atoms with Gasteiger partial charge in [-0.1, -0.05) is 43.7 Å². The van der Waals surface area contributed by atoms with Crippen molar-refractivity contribution in [3.8, 4) is 0 Å². The number of ketones is 1. The van der Waals surface area contributed by atoms with E-state index >= 15 is 0 Å². The average Bonchev–Trinajstić information content (AvgIpc) is 2.97. The third kappa shape index (κ3) is 3.51. The number of unbranched alkanes of at least 4 members (excludes halogenated alkanes) is 1. The quantitative estimate of drug-likeness (QED) is 0.270. The van der Waals surface area contributed by atoms with Gasteiger partial charge in [-0.05, 0) is 24.1 Å². The van der Waals surface area contributed by atoms with Crippen molar-refractivity contribution in [2.45, 2.75) is 25.8 Å². The topological polar surface area (TPSA) is 101 Å². The molecule has 3 rings (SSSR count). The van der Waals surface area contributed by atoms with E-state index in [1.165, 1.54) is 29.2 Å². The highest BCUT2D eigenvalue weighted by atomic mass is 16.6. The molecule has 0 spiro atoms. The van der Waals surface area contributed by atoms with Gasteiger partial charge in [-0.25, -0.2) is 0 Å². The maximum atomic E-state index is 12.7. The third-order valence-corrected chi connectivity index (χ3v) is 4.76. The molecule has 1 amide bonds. The Morgan fingerprint density at radius 1 is 1.11 bits per heavy atom. The number of carbonyl (C=O) groups is 2. The molecule has 1 atom stereocenters. The number of nitrogens with zero attached hydrogens (tertiary/aromatic N) is 2. The maximum absolute atomic E-state index is 12.7. The van der Waals surface area contributed by atoms with E-state index in [1.54, 1.807) is 24.3 Å². The van der Waals surface area contributed by atoms with Crippen molar-refractivity contribution in [2.24, 2.45) is 0 Å². The number of carbonyl (C=O) groups excluding carboxylic acids is 2. The van der Waals surface area contributed by atoms with Crippen molar-refractivity contribution in [1.29, 1.82) is 0 Å². The Labute approximate surface area is 162 Å². The van der Waals surface area contributed by atoms with Crippen molar-refractivity contribution >= 4 is 23.1 Å². The number of hydrogen-bond donors (Lipinski definition) is 1. The van der Waals surface area contributed by atoms with Gasteiger partial charge in [0.15, 0.2) is 0 Å². The first-order valence-corrected chi connectivity index (χ1v) is 9.04. The van der Waals surface area contributed by atoms with Crippen LogP contribution in [0.25, 0.3) is 5.76 Å². The lowest BCUT2D eigenvalue weighted by atomic mass is 9.95. The van der Waals surface area contributed by atoms with E-state index in [2.05, 4.69) is 0 Å². The van der Waals surface area contributed by atoms with Crippen molar-refractivity contribution in [1.82, 2.24) is 4.90 Å². The van der Waals surface area contributed by atoms with Crippen molar-refractivity contribution in [2.75, 3.05) is 6.54 Å². The Kier molecular flexibility index (Phi) is 5.54. The molecule has 1 heterocycles. The van der Waals surface area contributed by atoms with Crippen LogP contribution in [0.3, 0.4) is 0 Å². The number of aliphatic hydroxyl groups is 1. The molecule has 0 aromatic heterocycles. The van der Waals surface area contributed by atoms with Crippen molar-refractivity contribution in [3.63, 3.8) is 0 Å². The van der Waals surface area contributed by atoms with Gasteiger partial charge in [0, 0.05) is 24.2 Å². The third-order valence-electron chi connectivity index (χ3n) is 4.76. The van der Waals surface area contributed by atoms with Gasteiger partial charge < -0.3 is 10.0 Å². The molecule has 0 aliphatic carbocycles. The van der Waals surface area contributed by atoms with E-state index < -0.39 is 22.7 Å². The summed E-state index contributed by atoms with van der Waals surface area (Å²) in [6.07, 6.45) is 1.58. The molecule has 28 heavy (non-hydrogen) atoms. The fourth-order valence-electron chi connectivity index (χ4n) is 3.32. The molecule has 1 aliphatic heterocycles. The molecule has 1 fully saturated rings. The van der Waals surface area contributed by atoms with E-state index in [0.29, 0.717) is 6.54 Å². The zero-order valence-corrected chi connectivity index (χ0v) is 15.4. The van der Waals surface area contributed by atoms with Crippen LogP contribution >= 0.6 is 0 Å². The zero-order valence-electron chi connectivity index (χ0n) is 15.4. The molecule has 1 aliphatic rings. The number of aliphatic hydroxyl groups excluding tert-OH is 1. The van der Waals surface area contributed by atoms with Gasteiger partial charge in [0.05, 0.1) is 16.5 Å². The SMILES string of the molecule is CCCCN1C(=O)C(=O)C(=C(O)c2ccc([N+](=O)[O-])cc2)[C@@H]1c1ccccc1. The minimum atomic E-state index is -0.749. The molecule has 0 bridgehead atoms. The Balaban J connectivity index is 2.11. The monoisotopic (exact) mass is 380 g/mol. The van der Waals surface area contributed by atoms with Crippen LogP contribution in [0.4, 0.5) is 5.69 Å². The summed E-state index contributed by atoms with van der Waals surface area (Å²) in [7, 11) is 0. The first-order chi connectivity index (χ1) is 13.5. The van der Waals surface area contributed by atoms with Crippen molar-refractivity contribution < 1.29 is 19.6 Å². The van der Waals surface area contributed by atoms with Gasteiger partial charge >= 0.3 is 0 Å². The lowest BCUT2D eigenvalue weighted by Crippen LogP contribution is -2.30. The second kappa shape index (κ2) is 8.04. The van der Waals surface area contributed by atoms with Gasteiger partial charge in [0.25, 0.3) is 17.4 Å². The van der Waals surface area contributed by atoms with Gasteiger partial charge in [-0.2, -0.15) is 0 Å². The number of nitro groups is 1. The minimum absolute atomic E-state index is 0.00107. The standard InChI is InChI=1S/C21H20N2O5/c1-2-3-13-22-18(14-7-5-4-6-8-14)17(20(25)21(22)26)19(24)15-9-11-16(12-10-15)23(27)28/h4-12,18,24H,2-3,13H2,1H3/t18-/m0/s1. The highest BCUT2D eigenvalue weighted by molar-refractivity contribution is 6.46. The van der Waals surface area contributed by atoms with E-state index in [1.807, 2.05) is 13.0 Å². The van der Waals surface area contributed by atoms with Crippen LogP contribution in [0, 0.1) is 10.1 Å². The van der Waals surface area contributed by atoms with Crippen LogP contribution < -0.4 is 0 Å². The summed E-state index contributed by atoms with van der Waals surface area (Å²) in [5.41, 5.74) is 0.849. The largest absolute Gasteiger partial charge is 0.507 e. The summed E-state index contributed by atoms with van der Waals surface area (Å²) in [4.78, 5) is 37.1. The first kappa shape index (κ1) is 19.3. The number of benzene rings is 2. The van der Waals surface area contributed by atoms with Crippen LogP contribution in [0.5, 0.6) is 0 Å². The molecule has 2 aromatic carbocycles. The second-order valence-electron chi connectivity index (χ2n) is 6.56. The molecule has 0 unspecified atom stereocenters. The van der Waals surface area contributed by atoms with E-state index in [-0.39, 0.29) is 22.6 Å². The fourth-order valence-corrected chi connectivity index (χ4v) is 3.32. The molecule has 1 saturated heterocycles. The summed E-state index contributed by atoms with van der Waals surface area (Å²) in [5.74, 6) is -1.73. The summed E-state index contributed by atoms with van der Waals surface area (Å²) in [6.45, 7) is 2.39. The summed E-state index contributed by atoms with van der Waals surface area (Å²) in [5, 5.41) is 21.7. The van der Waals surface area contributed by atoms with Gasteiger partial charge in [0.1, 0.15) is 5.76 Å². The fraction of sp³-hybridized carbons (Fsp3) is 0.238. The Bertz CT molecular complexity index is 935. The normalized spacial score (nSPS) is 18.5. The number of hydrogen-bond acceptors (Lipinski definition) is 5. The highest BCUT2D eigenvalue weighted by Crippen LogP contribution is 2.39. The number of nitro benzene ring substituents is 1. The Morgan fingerprint density at radius 3 is 2.32 bits per heavy atom. The Morgan fingerprint density at radius 2 is 1.75 bits per heavy atom. The summed E-state index contributed by atoms with van der Waals surface area (Å²) < 4.78 is 0. The molecular weight excluding hydrogens is 360 g/mol. The summed E-state index contributed by atoms with van der Waals surface area (Å²) in [6, 6.07) is 13.6. The highest BCUT2D eigenvalue weighted by Gasteiger charge is 2.45. The van der Waals surface area contributed by atoms with Gasteiger partial charge in [0.2, 0.25) is 0 Å². The predicted molar refractivity (Wildman–Crippen MR) is 103 cm³/mol. The van der Waals surface area contributed by atoms with E-state index in [0.717, 1.165) is 18.4 Å². The zero-order chi connectivity index (χ0) is 20.3. The molecule has 144 valence electrons. The van der Waals surface area contributed by atoms with E-state index in [4.69, 9.17) is 0 Å². The first-order valence-electron chi connectivity index (χ1n) is 9.04. The molecule has 1 N–H and O–H groups in total. The van der Waals surface area contributed by atoms with Crippen LogP contribution in [-0.2, 0) is 9.59 Å².